The topological polar surface area (TPSA) is 66.4 Å². The Bertz CT molecular complexity index is 400. The van der Waals surface area contributed by atoms with Crippen LogP contribution in [0.4, 0.5) is 0 Å². The van der Waals surface area contributed by atoms with E-state index in [4.69, 9.17) is 5.11 Å². The van der Waals surface area contributed by atoms with Gasteiger partial charge >= 0.3 is 0 Å². The summed E-state index contributed by atoms with van der Waals surface area (Å²) in [4.78, 5) is 0. The molecule has 1 unspecified atom stereocenters. The van der Waals surface area contributed by atoms with Gasteiger partial charge in [0.1, 0.15) is 0 Å². The van der Waals surface area contributed by atoms with Crippen LogP contribution in [0.5, 0.6) is 0 Å². The van der Waals surface area contributed by atoms with Crippen LogP contribution in [-0.4, -0.2) is 31.9 Å². The Morgan fingerprint density at radius 2 is 1.94 bits per heavy atom. The summed E-state index contributed by atoms with van der Waals surface area (Å²) in [6.45, 7) is 1.61. The molecular weight excluding hydrogens is 226 g/mol. The van der Waals surface area contributed by atoms with Crippen molar-refractivity contribution >= 4 is 10.0 Å². The quantitative estimate of drug-likeness (QED) is 0.766. The molecule has 0 amide bonds. The molecule has 0 heterocycles. The van der Waals surface area contributed by atoms with Gasteiger partial charge in [0.05, 0.1) is 11.9 Å². The van der Waals surface area contributed by atoms with Crippen LogP contribution in [0.25, 0.3) is 0 Å². The zero-order chi connectivity index (χ0) is 12.0. The van der Waals surface area contributed by atoms with Crippen molar-refractivity contribution in [2.75, 3.05) is 12.3 Å². The second kappa shape index (κ2) is 5.98. The van der Waals surface area contributed by atoms with E-state index in [2.05, 4.69) is 4.72 Å². The van der Waals surface area contributed by atoms with Gasteiger partial charge in [-0.15, -0.1) is 0 Å². The minimum absolute atomic E-state index is 0.0454. The predicted octanol–water partition coefficient (Wildman–Crippen LogP) is 0.529. The monoisotopic (exact) mass is 243 g/mol. The molecule has 0 aliphatic rings. The molecule has 1 rings (SSSR count). The number of benzene rings is 1. The van der Waals surface area contributed by atoms with Gasteiger partial charge in [-0.25, -0.2) is 13.1 Å². The van der Waals surface area contributed by atoms with Crippen molar-refractivity contribution in [1.29, 1.82) is 0 Å². The van der Waals surface area contributed by atoms with E-state index in [9.17, 15) is 8.42 Å². The van der Waals surface area contributed by atoms with Gasteiger partial charge in [-0.2, -0.15) is 0 Å². The molecule has 0 aliphatic heterocycles. The number of nitrogens with one attached hydrogen (secondary N) is 1. The molecule has 90 valence electrons. The van der Waals surface area contributed by atoms with Crippen LogP contribution in [0.15, 0.2) is 30.3 Å². The van der Waals surface area contributed by atoms with E-state index in [1.165, 1.54) is 0 Å². The van der Waals surface area contributed by atoms with E-state index in [0.29, 0.717) is 6.42 Å². The zero-order valence-electron chi connectivity index (χ0n) is 9.26. The van der Waals surface area contributed by atoms with Crippen molar-refractivity contribution in [1.82, 2.24) is 4.72 Å². The van der Waals surface area contributed by atoms with Crippen LogP contribution in [0, 0.1) is 0 Å². The molecule has 16 heavy (non-hydrogen) atoms. The number of aryl methyl sites for hydroxylation is 1. The molecular formula is C11H17NO3S. The number of aliphatic hydroxyl groups excluding tert-OH is 1. The number of sulfonamides is 1. The SMILES string of the molecule is CC(O)CNS(=O)(=O)CCc1ccccc1. The van der Waals surface area contributed by atoms with Gasteiger partial charge in [-0.05, 0) is 18.9 Å². The van der Waals surface area contributed by atoms with Crippen molar-refractivity contribution in [3.8, 4) is 0 Å². The van der Waals surface area contributed by atoms with Crippen LogP contribution >= 0.6 is 0 Å². The summed E-state index contributed by atoms with van der Waals surface area (Å²) >= 11 is 0. The maximum atomic E-state index is 11.5. The number of aliphatic hydroxyl groups is 1. The Morgan fingerprint density at radius 3 is 2.50 bits per heavy atom. The molecule has 1 atom stereocenters. The van der Waals surface area contributed by atoms with E-state index in [1.807, 2.05) is 30.3 Å². The molecule has 1 aromatic carbocycles. The van der Waals surface area contributed by atoms with E-state index >= 15 is 0 Å². The average molecular weight is 243 g/mol. The fraction of sp³-hybridized carbons (Fsp3) is 0.455. The molecule has 0 fully saturated rings. The molecule has 4 nitrogen and oxygen atoms in total. The highest BCUT2D eigenvalue weighted by Crippen LogP contribution is 2.01. The van der Waals surface area contributed by atoms with Crippen molar-refractivity contribution in [2.45, 2.75) is 19.4 Å². The summed E-state index contributed by atoms with van der Waals surface area (Å²) in [5.41, 5.74) is 0.991. The van der Waals surface area contributed by atoms with Gasteiger partial charge in [0.15, 0.2) is 0 Å². The van der Waals surface area contributed by atoms with E-state index in [-0.39, 0.29) is 12.3 Å². The molecule has 0 saturated heterocycles. The Balaban J connectivity index is 2.42. The number of rotatable bonds is 6. The lowest BCUT2D eigenvalue weighted by Gasteiger charge is -2.08. The first kappa shape index (κ1) is 13.2. The zero-order valence-corrected chi connectivity index (χ0v) is 10.1. The van der Waals surface area contributed by atoms with Gasteiger partial charge in [-0.3, -0.25) is 0 Å². The molecule has 2 N–H and O–H groups in total. The summed E-state index contributed by atoms with van der Waals surface area (Å²) in [5, 5.41) is 8.97. The van der Waals surface area contributed by atoms with Gasteiger partial charge in [0, 0.05) is 6.54 Å². The largest absolute Gasteiger partial charge is 0.392 e. The first-order valence-corrected chi connectivity index (χ1v) is 6.84. The van der Waals surface area contributed by atoms with Crippen LogP contribution in [0.1, 0.15) is 12.5 Å². The molecule has 0 bridgehead atoms. The number of hydrogen-bond donors (Lipinski definition) is 2. The lowest BCUT2D eigenvalue weighted by atomic mass is 10.2. The predicted molar refractivity (Wildman–Crippen MR) is 63.6 cm³/mol. The summed E-state index contributed by atoms with van der Waals surface area (Å²) < 4.78 is 25.3. The fourth-order valence-electron chi connectivity index (χ4n) is 1.22. The summed E-state index contributed by atoms with van der Waals surface area (Å²) in [7, 11) is -3.28. The third-order valence-electron chi connectivity index (χ3n) is 2.10. The molecule has 5 heteroatoms. The second-order valence-corrected chi connectivity index (χ2v) is 5.68. The van der Waals surface area contributed by atoms with Gasteiger partial charge < -0.3 is 5.11 Å². The molecule has 0 aliphatic carbocycles. The van der Waals surface area contributed by atoms with E-state index in [0.717, 1.165) is 5.56 Å². The van der Waals surface area contributed by atoms with Crippen molar-refractivity contribution in [3.05, 3.63) is 35.9 Å². The first-order valence-electron chi connectivity index (χ1n) is 5.19. The Labute approximate surface area is 96.4 Å². The Hall–Kier alpha value is -0.910. The van der Waals surface area contributed by atoms with Gasteiger partial charge in [-0.1, -0.05) is 30.3 Å². The molecule has 0 radical (unpaired) electrons. The lowest BCUT2D eigenvalue weighted by molar-refractivity contribution is 0.198. The normalized spacial score (nSPS) is 13.6. The maximum absolute atomic E-state index is 11.5. The molecule has 0 aromatic heterocycles. The van der Waals surface area contributed by atoms with Crippen molar-refractivity contribution in [2.24, 2.45) is 0 Å². The van der Waals surface area contributed by atoms with Crippen LogP contribution in [0.2, 0.25) is 0 Å². The third-order valence-corrected chi connectivity index (χ3v) is 3.45. The smallest absolute Gasteiger partial charge is 0.212 e. The van der Waals surface area contributed by atoms with Crippen molar-refractivity contribution in [3.63, 3.8) is 0 Å². The third kappa shape index (κ3) is 5.25. The van der Waals surface area contributed by atoms with Gasteiger partial charge in [0.25, 0.3) is 0 Å². The molecule has 1 aromatic rings. The van der Waals surface area contributed by atoms with E-state index in [1.54, 1.807) is 6.92 Å². The minimum atomic E-state index is -3.28. The Morgan fingerprint density at radius 1 is 1.31 bits per heavy atom. The highest BCUT2D eigenvalue weighted by atomic mass is 32.2. The van der Waals surface area contributed by atoms with Crippen LogP contribution < -0.4 is 4.72 Å². The van der Waals surface area contributed by atoms with Crippen molar-refractivity contribution < 1.29 is 13.5 Å². The highest BCUT2D eigenvalue weighted by Gasteiger charge is 2.10. The molecule has 0 saturated carbocycles. The maximum Gasteiger partial charge on any atom is 0.212 e. The van der Waals surface area contributed by atoms with Gasteiger partial charge in [0.2, 0.25) is 10.0 Å². The van der Waals surface area contributed by atoms with Crippen LogP contribution in [-0.2, 0) is 16.4 Å². The van der Waals surface area contributed by atoms with Crippen LogP contribution in [0.3, 0.4) is 0 Å². The first-order chi connectivity index (χ1) is 7.49. The summed E-state index contributed by atoms with van der Waals surface area (Å²) in [6.07, 6.45) is -0.179. The summed E-state index contributed by atoms with van der Waals surface area (Å²) in [5.74, 6) is 0.0454. The average Bonchev–Trinajstić information content (AvgIpc) is 2.26. The lowest BCUT2D eigenvalue weighted by Crippen LogP contribution is -2.33. The molecule has 0 spiro atoms. The summed E-state index contributed by atoms with van der Waals surface area (Å²) in [6, 6.07) is 9.44. The highest BCUT2D eigenvalue weighted by molar-refractivity contribution is 7.89. The second-order valence-electron chi connectivity index (χ2n) is 3.75. The minimum Gasteiger partial charge on any atom is -0.392 e. The standard InChI is InChI=1S/C11H17NO3S/c1-10(13)9-12-16(14,15)8-7-11-5-3-2-4-6-11/h2-6,10,12-13H,7-9H2,1H3. The van der Waals surface area contributed by atoms with E-state index < -0.39 is 16.1 Å². The number of hydrogen-bond acceptors (Lipinski definition) is 3. The Kier molecular flexibility index (Phi) is 4.92. The fourth-order valence-corrected chi connectivity index (χ4v) is 2.36.